The molecule has 0 amide bonds. The Bertz CT molecular complexity index is 344. The highest BCUT2D eigenvalue weighted by molar-refractivity contribution is 5.71. The maximum Gasteiger partial charge on any atom is 0.308 e. The van der Waals surface area contributed by atoms with E-state index in [1.807, 2.05) is 0 Å². The van der Waals surface area contributed by atoms with Crippen molar-refractivity contribution >= 4 is 5.97 Å². The molecule has 2 bridgehead atoms. The van der Waals surface area contributed by atoms with E-state index in [0.717, 1.165) is 38.7 Å². The van der Waals surface area contributed by atoms with Gasteiger partial charge in [-0.3, -0.25) is 9.69 Å². The summed E-state index contributed by atoms with van der Waals surface area (Å²) in [5.41, 5.74) is 0. The molecule has 5 atom stereocenters. The number of hydrogen-bond donors (Lipinski definition) is 1. The van der Waals surface area contributed by atoms with Gasteiger partial charge in [0, 0.05) is 24.7 Å². The normalized spacial score (nSPS) is 42.7. The fourth-order valence-corrected chi connectivity index (χ4v) is 4.52. The highest BCUT2D eigenvalue weighted by Crippen LogP contribution is 2.45. The lowest BCUT2D eigenvalue weighted by Crippen LogP contribution is -2.46. The fourth-order valence-electron chi connectivity index (χ4n) is 4.52. The van der Waals surface area contributed by atoms with Crippen LogP contribution in [0.4, 0.5) is 0 Å². The number of nitrogens with zero attached hydrogens (tertiary/aromatic N) is 1. The van der Waals surface area contributed by atoms with Crippen molar-refractivity contribution in [1.82, 2.24) is 4.90 Å². The molecule has 4 nitrogen and oxygen atoms in total. The van der Waals surface area contributed by atoms with Crippen LogP contribution in [0.15, 0.2) is 0 Å². The van der Waals surface area contributed by atoms with Crippen LogP contribution in [0.2, 0.25) is 0 Å². The summed E-state index contributed by atoms with van der Waals surface area (Å²) >= 11 is 0. The first-order chi connectivity index (χ1) is 9.20. The van der Waals surface area contributed by atoms with Gasteiger partial charge in [-0.15, -0.1) is 0 Å². The van der Waals surface area contributed by atoms with Gasteiger partial charge in [-0.25, -0.2) is 0 Å². The Morgan fingerprint density at radius 2 is 2.05 bits per heavy atom. The zero-order chi connectivity index (χ0) is 13.4. The van der Waals surface area contributed by atoms with E-state index in [4.69, 9.17) is 4.74 Å². The largest absolute Gasteiger partial charge is 0.481 e. The molecular formula is C15H25NO3. The second-order valence-electron chi connectivity index (χ2n) is 6.39. The van der Waals surface area contributed by atoms with Crippen LogP contribution in [-0.4, -0.2) is 46.8 Å². The minimum atomic E-state index is -0.589. The summed E-state index contributed by atoms with van der Waals surface area (Å²) < 4.78 is 5.83. The zero-order valence-corrected chi connectivity index (χ0v) is 11.8. The van der Waals surface area contributed by atoms with Crippen molar-refractivity contribution in [2.45, 2.75) is 76.1 Å². The van der Waals surface area contributed by atoms with Gasteiger partial charge in [0.25, 0.3) is 0 Å². The topological polar surface area (TPSA) is 49.8 Å². The van der Waals surface area contributed by atoms with Gasteiger partial charge in [0.05, 0.1) is 12.0 Å². The van der Waals surface area contributed by atoms with Crippen LogP contribution in [0, 0.1) is 5.92 Å². The van der Waals surface area contributed by atoms with Gasteiger partial charge in [0.1, 0.15) is 0 Å². The van der Waals surface area contributed by atoms with E-state index in [1.165, 1.54) is 12.8 Å². The van der Waals surface area contributed by atoms with Crippen LogP contribution in [0.5, 0.6) is 0 Å². The third kappa shape index (κ3) is 2.40. The summed E-state index contributed by atoms with van der Waals surface area (Å²) in [5.74, 6) is -0.708. The minimum Gasteiger partial charge on any atom is -0.481 e. The third-order valence-electron chi connectivity index (χ3n) is 5.28. The Hall–Kier alpha value is -0.610. The second kappa shape index (κ2) is 5.41. The first kappa shape index (κ1) is 13.4. The van der Waals surface area contributed by atoms with Crippen LogP contribution in [0.3, 0.4) is 0 Å². The predicted octanol–water partition coefficient (Wildman–Crippen LogP) is 2.27. The van der Waals surface area contributed by atoms with Gasteiger partial charge in [-0.1, -0.05) is 13.3 Å². The molecule has 0 aromatic rings. The number of hydrogen-bond acceptors (Lipinski definition) is 3. The summed E-state index contributed by atoms with van der Waals surface area (Å²) in [6.45, 7) is 3.05. The van der Waals surface area contributed by atoms with Gasteiger partial charge < -0.3 is 9.84 Å². The summed E-state index contributed by atoms with van der Waals surface area (Å²) in [5, 5.41) is 9.34. The molecule has 0 aliphatic carbocycles. The van der Waals surface area contributed by atoms with Gasteiger partial charge in [0.2, 0.25) is 0 Å². The molecular weight excluding hydrogens is 242 g/mol. The Labute approximate surface area is 115 Å². The number of carbonyl (C=O) groups is 1. The maximum atomic E-state index is 11.3. The Kier molecular flexibility index (Phi) is 3.81. The summed E-state index contributed by atoms with van der Waals surface area (Å²) in [6.07, 6.45) is 8.04. The van der Waals surface area contributed by atoms with Crippen molar-refractivity contribution in [3.63, 3.8) is 0 Å². The van der Waals surface area contributed by atoms with Crippen molar-refractivity contribution in [2.75, 3.05) is 6.61 Å². The minimum absolute atomic E-state index is 0.119. The highest BCUT2D eigenvalue weighted by Gasteiger charge is 2.51. The fraction of sp³-hybridized carbons (Fsp3) is 0.933. The molecule has 108 valence electrons. The van der Waals surface area contributed by atoms with Crippen LogP contribution < -0.4 is 0 Å². The molecule has 3 saturated heterocycles. The van der Waals surface area contributed by atoms with Crippen LogP contribution in [0.25, 0.3) is 0 Å². The average Bonchev–Trinajstić information content (AvgIpc) is 2.97. The van der Waals surface area contributed by atoms with Gasteiger partial charge >= 0.3 is 5.97 Å². The monoisotopic (exact) mass is 267 g/mol. The number of carboxylic acids is 1. The number of aliphatic carboxylic acids is 1. The molecule has 19 heavy (non-hydrogen) atoms. The number of rotatable bonds is 4. The van der Waals surface area contributed by atoms with Crippen molar-refractivity contribution < 1.29 is 14.6 Å². The molecule has 3 rings (SSSR count). The van der Waals surface area contributed by atoms with E-state index >= 15 is 0 Å². The Morgan fingerprint density at radius 3 is 2.74 bits per heavy atom. The van der Waals surface area contributed by atoms with Crippen LogP contribution in [-0.2, 0) is 9.53 Å². The number of ether oxygens (including phenoxy) is 1. The Balaban J connectivity index is 1.67. The summed E-state index contributed by atoms with van der Waals surface area (Å²) in [6, 6.07) is 1.39. The molecule has 3 fully saturated rings. The molecule has 3 aliphatic rings. The van der Waals surface area contributed by atoms with E-state index in [1.54, 1.807) is 0 Å². The lowest BCUT2D eigenvalue weighted by molar-refractivity contribution is -0.142. The van der Waals surface area contributed by atoms with E-state index in [-0.39, 0.29) is 5.92 Å². The zero-order valence-electron chi connectivity index (χ0n) is 11.8. The van der Waals surface area contributed by atoms with Crippen molar-refractivity contribution in [3.8, 4) is 0 Å². The highest BCUT2D eigenvalue weighted by atomic mass is 16.5. The van der Waals surface area contributed by atoms with Gasteiger partial charge in [-0.2, -0.15) is 0 Å². The van der Waals surface area contributed by atoms with Crippen molar-refractivity contribution in [3.05, 3.63) is 0 Å². The van der Waals surface area contributed by atoms with Crippen LogP contribution in [0.1, 0.15) is 51.9 Å². The molecule has 0 aromatic heterocycles. The summed E-state index contributed by atoms with van der Waals surface area (Å²) in [7, 11) is 0. The average molecular weight is 267 g/mol. The lowest BCUT2D eigenvalue weighted by atomic mass is 9.89. The Morgan fingerprint density at radius 1 is 1.26 bits per heavy atom. The lowest BCUT2D eigenvalue weighted by Gasteiger charge is -2.38. The molecule has 3 heterocycles. The molecule has 0 aromatic carbocycles. The first-order valence-electron chi connectivity index (χ1n) is 7.82. The molecule has 0 radical (unpaired) electrons. The molecule has 0 saturated carbocycles. The maximum absolute atomic E-state index is 11.3. The molecule has 5 unspecified atom stereocenters. The molecule has 1 N–H and O–H groups in total. The van der Waals surface area contributed by atoms with Crippen molar-refractivity contribution in [1.29, 1.82) is 0 Å². The SMILES string of the molecule is CCCC1CC(N2C3CCC2C(C(=O)O)C3)CCO1. The van der Waals surface area contributed by atoms with E-state index in [2.05, 4.69) is 11.8 Å². The number of fused-ring (bicyclic) bond motifs is 2. The van der Waals surface area contributed by atoms with E-state index in [0.29, 0.717) is 24.2 Å². The number of carboxylic acid groups (broad SMARTS) is 1. The van der Waals surface area contributed by atoms with E-state index < -0.39 is 5.97 Å². The van der Waals surface area contributed by atoms with E-state index in [9.17, 15) is 9.90 Å². The quantitative estimate of drug-likeness (QED) is 0.849. The predicted molar refractivity (Wildman–Crippen MR) is 72.1 cm³/mol. The first-order valence-corrected chi connectivity index (χ1v) is 7.82. The third-order valence-corrected chi connectivity index (χ3v) is 5.28. The van der Waals surface area contributed by atoms with Gasteiger partial charge in [-0.05, 0) is 38.5 Å². The van der Waals surface area contributed by atoms with Gasteiger partial charge in [0.15, 0.2) is 0 Å². The van der Waals surface area contributed by atoms with Crippen LogP contribution >= 0.6 is 0 Å². The molecule has 0 spiro atoms. The smallest absolute Gasteiger partial charge is 0.308 e. The second-order valence-corrected chi connectivity index (χ2v) is 6.39. The van der Waals surface area contributed by atoms with Crippen molar-refractivity contribution in [2.24, 2.45) is 5.92 Å². The molecule has 3 aliphatic heterocycles. The molecule has 4 heteroatoms. The summed E-state index contributed by atoms with van der Waals surface area (Å²) in [4.78, 5) is 13.9. The standard InChI is InChI=1S/C15H25NO3/c1-2-3-12-8-11(6-7-19-12)16-10-4-5-14(16)13(9-10)15(17)18/h10-14H,2-9H2,1H3,(H,17,18).